The van der Waals surface area contributed by atoms with Crippen molar-refractivity contribution in [3.05, 3.63) is 149 Å². The first kappa shape index (κ1) is 20.3. The molecule has 5 aromatic rings. The maximum Gasteiger partial charge on any atom is 0.101 e. The molecule has 3 heteroatoms. The van der Waals surface area contributed by atoms with Crippen molar-refractivity contribution in [2.24, 2.45) is 0 Å². The summed E-state index contributed by atoms with van der Waals surface area (Å²) < 4.78 is 0. The molecule has 0 atom stereocenters. The molecular weight excluding hydrogens is 438 g/mol. The van der Waals surface area contributed by atoms with Crippen molar-refractivity contribution in [1.82, 2.24) is 0 Å². The Balaban J connectivity index is 1.63. The van der Waals surface area contributed by atoms with Gasteiger partial charge < -0.3 is 4.90 Å². The van der Waals surface area contributed by atoms with Crippen LogP contribution in [0.15, 0.2) is 115 Å². The molecule has 0 saturated heterocycles. The molecule has 0 saturated carbocycles. The molecule has 0 fully saturated rings. The standard InChI is InChI=1S/C33H19N3/c34-20-22-17-18-30(23(19-22)21-35)36-31-15-7-5-13-28(31)33(29-14-6-8-16-32(29)36)26-11-3-1-9-24(26)25-10-2-4-12-27(25)33/h1-19H. The number of para-hydroxylation sites is 2. The van der Waals surface area contributed by atoms with Crippen molar-refractivity contribution in [2.45, 2.75) is 5.41 Å². The second kappa shape index (κ2) is 7.44. The minimum atomic E-state index is -0.476. The van der Waals surface area contributed by atoms with Gasteiger partial charge in [-0.3, -0.25) is 0 Å². The van der Waals surface area contributed by atoms with E-state index in [1.54, 1.807) is 12.1 Å². The fraction of sp³-hybridized carbons (Fsp3) is 0.0303. The van der Waals surface area contributed by atoms with E-state index in [2.05, 4.69) is 114 Å². The highest BCUT2D eigenvalue weighted by Crippen LogP contribution is 2.63. The van der Waals surface area contributed by atoms with Crippen LogP contribution in [-0.2, 0) is 5.41 Å². The molecule has 5 aromatic carbocycles. The van der Waals surface area contributed by atoms with Gasteiger partial charge in [0.2, 0.25) is 0 Å². The van der Waals surface area contributed by atoms with Crippen LogP contribution in [0.5, 0.6) is 0 Å². The van der Waals surface area contributed by atoms with Crippen LogP contribution in [0.2, 0.25) is 0 Å². The molecule has 0 aromatic heterocycles. The molecule has 0 bridgehead atoms. The maximum atomic E-state index is 10.0. The van der Waals surface area contributed by atoms with Gasteiger partial charge >= 0.3 is 0 Å². The average molecular weight is 458 g/mol. The van der Waals surface area contributed by atoms with Gasteiger partial charge in [-0.1, -0.05) is 84.9 Å². The zero-order valence-corrected chi connectivity index (χ0v) is 19.3. The molecule has 1 aliphatic carbocycles. The Labute approximate surface area is 209 Å². The lowest BCUT2D eigenvalue weighted by Gasteiger charge is -2.45. The Hall–Kier alpha value is -5.12. The normalized spacial score (nSPS) is 13.7. The van der Waals surface area contributed by atoms with Crippen molar-refractivity contribution in [1.29, 1.82) is 10.5 Å². The molecule has 1 spiro atoms. The highest BCUT2D eigenvalue weighted by atomic mass is 15.2. The highest BCUT2D eigenvalue weighted by Gasteiger charge is 2.51. The summed E-state index contributed by atoms with van der Waals surface area (Å²) in [5.74, 6) is 0. The molecule has 0 N–H and O–H groups in total. The summed E-state index contributed by atoms with van der Waals surface area (Å²) in [5.41, 5.74) is 10.7. The first-order valence-corrected chi connectivity index (χ1v) is 11.9. The van der Waals surface area contributed by atoms with Crippen LogP contribution >= 0.6 is 0 Å². The van der Waals surface area contributed by atoms with Crippen LogP contribution < -0.4 is 4.90 Å². The largest absolute Gasteiger partial charge is 0.308 e. The Kier molecular flexibility index (Phi) is 4.19. The van der Waals surface area contributed by atoms with Crippen LogP contribution in [-0.4, -0.2) is 0 Å². The summed E-state index contributed by atoms with van der Waals surface area (Å²) in [7, 11) is 0. The van der Waals surface area contributed by atoms with E-state index >= 15 is 0 Å². The Bertz CT molecular complexity index is 1690. The van der Waals surface area contributed by atoms with E-state index in [0.717, 1.165) is 17.1 Å². The van der Waals surface area contributed by atoms with Crippen molar-refractivity contribution < 1.29 is 0 Å². The molecule has 3 nitrogen and oxygen atoms in total. The average Bonchev–Trinajstić information content (AvgIpc) is 3.24. The molecule has 0 unspecified atom stereocenters. The Morgan fingerprint density at radius 3 is 1.53 bits per heavy atom. The zero-order valence-electron chi connectivity index (χ0n) is 19.3. The summed E-state index contributed by atoms with van der Waals surface area (Å²) >= 11 is 0. The molecule has 166 valence electrons. The lowest BCUT2D eigenvalue weighted by Crippen LogP contribution is -2.36. The minimum Gasteiger partial charge on any atom is -0.308 e. The van der Waals surface area contributed by atoms with Gasteiger partial charge in [-0.2, -0.15) is 10.5 Å². The fourth-order valence-corrected chi connectivity index (χ4v) is 6.21. The number of fused-ring (bicyclic) bond motifs is 9. The van der Waals surface area contributed by atoms with E-state index in [1.807, 2.05) is 6.07 Å². The molecule has 2 aliphatic rings. The fourth-order valence-electron chi connectivity index (χ4n) is 6.21. The summed E-state index contributed by atoms with van der Waals surface area (Å²) in [6.45, 7) is 0. The summed E-state index contributed by atoms with van der Waals surface area (Å²) in [6.07, 6.45) is 0. The Morgan fingerprint density at radius 2 is 1.00 bits per heavy atom. The lowest BCUT2D eigenvalue weighted by molar-refractivity contribution is 0.752. The third-order valence-electron chi connectivity index (χ3n) is 7.54. The van der Waals surface area contributed by atoms with Gasteiger partial charge in [-0.15, -0.1) is 0 Å². The first-order chi connectivity index (χ1) is 17.8. The van der Waals surface area contributed by atoms with Crippen molar-refractivity contribution in [3.8, 4) is 23.3 Å². The molecule has 0 amide bonds. The van der Waals surface area contributed by atoms with Gasteiger partial charge in [-0.05, 0) is 63.7 Å². The van der Waals surface area contributed by atoms with Crippen molar-refractivity contribution in [2.75, 3.05) is 4.90 Å². The van der Waals surface area contributed by atoms with Gasteiger partial charge in [0.15, 0.2) is 0 Å². The van der Waals surface area contributed by atoms with E-state index in [4.69, 9.17) is 0 Å². The molecule has 1 aliphatic heterocycles. The van der Waals surface area contributed by atoms with Crippen molar-refractivity contribution in [3.63, 3.8) is 0 Å². The number of benzene rings is 5. The molecular formula is C33H19N3. The maximum absolute atomic E-state index is 10.0. The first-order valence-electron chi connectivity index (χ1n) is 11.9. The summed E-state index contributed by atoms with van der Waals surface area (Å²) in [4.78, 5) is 2.18. The van der Waals surface area contributed by atoms with Gasteiger partial charge in [0.05, 0.1) is 39.7 Å². The lowest BCUT2D eigenvalue weighted by atomic mass is 9.64. The number of nitrogens with zero attached hydrogens (tertiary/aromatic N) is 3. The van der Waals surface area contributed by atoms with Crippen LogP contribution in [0.25, 0.3) is 11.1 Å². The number of anilines is 3. The van der Waals surface area contributed by atoms with Crippen LogP contribution in [0.1, 0.15) is 33.4 Å². The molecule has 0 radical (unpaired) electrons. The summed E-state index contributed by atoms with van der Waals surface area (Å²) in [5, 5.41) is 19.5. The van der Waals surface area contributed by atoms with Gasteiger partial charge in [0, 0.05) is 0 Å². The highest BCUT2D eigenvalue weighted by molar-refractivity contribution is 5.96. The minimum absolute atomic E-state index is 0.474. The Morgan fingerprint density at radius 1 is 0.500 bits per heavy atom. The second-order valence-corrected chi connectivity index (χ2v) is 9.17. The molecule has 36 heavy (non-hydrogen) atoms. The summed E-state index contributed by atoms with van der Waals surface area (Å²) in [6, 6.07) is 44.2. The number of rotatable bonds is 1. The van der Waals surface area contributed by atoms with Crippen LogP contribution in [0.3, 0.4) is 0 Å². The topological polar surface area (TPSA) is 50.8 Å². The van der Waals surface area contributed by atoms with Crippen molar-refractivity contribution >= 4 is 17.1 Å². The second-order valence-electron chi connectivity index (χ2n) is 9.17. The van der Waals surface area contributed by atoms with E-state index < -0.39 is 5.41 Å². The van der Waals surface area contributed by atoms with E-state index in [-0.39, 0.29) is 0 Å². The van der Waals surface area contributed by atoms with E-state index in [1.165, 1.54) is 33.4 Å². The van der Waals surface area contributed by atoms with Gasteiger partial charge in [-0.25, -0.2) is 0 Å². The SMILES string of the molecule is N#Cc1ccc(N2c3ccccc3C3(c4ccccc4-c4ccccc43)c3ccccc32)c(C#N)c1. The molecule has 7 rings (SSSR count). The third-order valence-corrected chi connectivity index (χ3v) is 7.54. The van der Waals surface area contributed by atoms with Crippen LogP contribution in [0, 0.1) is 22.7 Å². The van der Waals surface area contributed by atoms with Gasteiger partial charge in [0.25, 0.3) is 0 Å². The predicted molar refractivity (Wildman–Crippen MR) is 141 cm³/mol. The van der Waals surface area contributed by atoms with Gasteiger partial charge in [0.1, 0.15) is 6.07 Å². The quantitative estimate of drug-likeness (QED) is 0.255. The van der Waals surface area contributed by atoms with Crippen LogP contribution in [0.4, 0.5) is 17.1 Å². The monoisotopic (exact) mass is 457 g/mol. The number of nitriles is 2. The van der Waals surface area contributed by atoms with E-state index in [9.17, 15) is 10.5 Å². The zero-order chi connectivity index (χ0) is 24.3. The van der Waals surface area contributed by atoms with E-state index in [0.29, 0.717) is 11.1 Å². The number of hydrogen-bond donors (Lipinski definition) is 0. The molecule has 1 heterocycles. The predicted octanol–water partition coefficient (Wildman–Crippen LogP) is 7.58. The smallest absolute Gasteiger partial charge is 0.101 e. The third kappa shape index (κ3) is 2.44. The number of hydrogen-bond acceptors (Lipinski definition) is 3.